The Morgan fingerprint density at radius 2 is 1.69 bits per heavy atom. The van der Waals surface area contributed by atoms with Gasteiger partial charge in [0, 0.05) is 18.5 Å². The van der Waals surface area contributed by atoms with Crippen LogP contribution in [0.3, 0.4) is 0 Å². The molecule has 1 saturated heterocycles. The molecular formula is C31H31NO4. The number of ketones is 1. The standard InChI is InChI=1S/C31H31NO4/c1-19-16-23-17-22(12-15-25(23)36-19)28(33)26-27(21-10-13-24(14-11-21)31(2,3)4)32(30(35)29(26)34)18-20-8-6-5-7-9-20/h5-15,17,19,27,33H,16,18H2,1-4H3/t19-,27-/m0/s1. The number of Topliss-reactive ketones (excluding diaryl/α,β-unsaturated/α-hetero) is 1. The summed E-state index contributed by atoms with van der Waals surface area (Å²) in [5.74, 6) is -0.643. The number of rotatable bonds is 4. The van der Waals surface area contributed by atoms with Gasteiger partial charge in [0.25, 0.3) is 11.7 Å². The quantitative estimate of drug-likeness (QED) is 0.285. The van der Waals surface area contributed by atoms with Gasteiger partial charge in [-0.25, -0.2) is 0 Å². The molecule has 2 atom stereocenters. The van der Waals surface area contributed by atoms with Crippen molar-refractivity contribution < 1.29 is 19.4 Å². The number of hydrogen-bond donors (Lipinski definition) is 1. The molecule has 0 aromatic heterocycles. The Hall–Kier alpha value is -3.86. The number of amides is 1. The normalized spacial score (nSPS) is 20.9. The summed E-state index contributed by atoms with van der Waals surface area (Å²) < 4.78 is 5.79. The fourth-order valence-corrected chi connectivity index (χ4v) is 5.06. The van der Waals surface area contributed by atoms with E-state index in [0.717, 1.165) is 34.4 Å². The van der Waals surface area contributed by atoms with Crippen LogP contribution in [0, 0.1) is 0 Å². The minimum atomic E-state index is -0.692. The van der Waals surface area contributed by atoms with Gasteiger partial charge in [0.1, 0.15) is 17.6 Å². The van der Waals surface area contributed by atoms with Crippen LogP contribution in [0.15, 0.2) is 78.4 Å². The topological polar surface area (TPSA) is 66.8 Å². The van der Waals surface area contributed by atoms with Gasteiger partial charge in [-0.2, -0.15) is 0 Å². The fraction of sp³-hybridized carbons (Fsp3) is 0.290. The van der Waals surface area contributed by atoms with E-state index in [1.807, 2.05) is 73.7 Å². The first-order valence-corrected chi connectivity index (χ1v) is 12.4. The second-order valence-corrected chi connectivity index (χ2v) is 10.7. The summed E-state index contributed by atoms with van der Waals surface area (Å²) in [5.41, 5.74) is 4.44. The third-order valence-corrected chi connectivity index (χ3v) is 7.00. The van der Waals surface area contributed by atoms with E-state index in [0.29, 0.717) is 5.56 Å². The molecule has 0 radical (unpaired) electrons. The summed E-state index contributed by atoms with van der Waals surface area (Å²) in [6.07, 6.45) is 0.798. The highest BCUT2D eigenvalue weighted by Gasteiger charge is 2.46. The number of fused-ring (bicyclic) bond motifs is 1. The lowest BCUT2D eigenvalue weighted by molar-refractivity contribution is -0.140. The molecule has 0 aliphatic carbocycles. The smallest absolute Gasteiger partial charge is 0.295 e. The molecule has 0 unspecified atom stereocenters. The van der Waals surface area contributed by atoms with Crippen molar-refractivity contribution >= 4 is 17.4 Å². The third kappa shape index (κ3) is 4.30. The van der Waals surface area contributed by atoms with E-state index >= 15 is 0 Å². The molecule has 2 aliphatic rings. The Kier molecular flexibility index (Phi) is 5.95. The van der Waals surface area contributed by atoms with E-state index in [-0.39, 0.29) is 29.4 Å². The summed E-state index contributed by atoms with van der Waals surface area (Å²) in [5, 5.41) is 11.4. The molecule has 0 saturated carbocycles. The van der Waals surface area contributed by atoms with Gasteiger partial charge in [-0.15, -0.1) is 0 Å². The maximum atomic E-state index is 13.4. The summed E-state index contributed by atoms with van der Waals surface area (Å²) in [4.78, 5) is 28.3. The van der Waals surface area contributed by atoms with Crippen molar-refractivity contribution in [2.75, 3.05) is 0 Å². The van der Waals surface area contributed by atoms with E-state index in [4.69, 9.17) is 4.74 Å². The van der Waals surface area contributed by atoms with Gasteiger partial charge in [0.2, 0.25) is 0 Å². The highest BCUT2D eigenvalue weighted by atomic mass is 16.5. The highest BCUT2D eigenvalue weighted by Crippen LogP contribution is 2.41. The molecule has 3 aromatic rings. The highest BCUT2D eigenvalue weighted by molar-refractivity contribution is 6.46. The Bertz CT molecular complexity index is 1350. The first-order valence-electron chi connectivity index (χ1n) is 12.4. The van der Waals surface area contributed by atoms with Crippen LogP contribution in [-0.4, -0.2) is 27.8 Å². The van der Waals surface area contributed by atoms with Crippen molar-refractivity contribution in [3.05, 3.63) is 106 Å². The van der Waals surface area contributed by atoms with Crippen molar-refractivity contribution in [2.45, 2.75) is 58.2 Å². The van der Waals surface area contributed by atoms with E-state index in [9.17, 15) is 14.7 Å². The average Bonchev–Trinajstić information content (AvgIpc) is 3.35. The van der Waals surface area contributed by atoms with E-state index in [1.54, 1.807) is 11.0 Å². The number of aliphatic hydroxyl groups is 1. The summed E-state index contributed by atoms with van der Waals surface area (Å²) >= 11 is 0. The Labute approximate surface area is 212 Å². The first kappa shape index (κ1) is 23.9. The maximum absolute atomic E-state index is 13.4. The van der Waals surface area contributed by atoms with Gasteiger partial charge >= 0.3 is 0 Å². The van der Waals surface area contributed by atoms with Gasteiger partial charge in [0.05, 0.1) is 11.6 Å². The SMILES string of the molecule is C[C@H]1Cc2cc(C(O)=C3C(=O)C(=O)N(Cc4ccccc4)[C@H]3c3ccc(C(C)(C)C)cc3)ccc2O1. The number of nitrogens with zero attached hydrogens (tertiary/aromatic N) is 1. The molecule has 0 bridgehead atoms. The van der Waals surface area contributed by atoms with Gasteiger partial charge in [-0.05, 0) is 52.8 Å². The second kappa shape index (κ2) is 8.98. The van der Waals surface area contributed by atoms with Crippen LogP contribution in [0.1, 0.15) is 61.6 Å². The molecule has 0 spiro atoms. The molecule has 5 nitrogen and oxygen atoms in total. The Morgan fingerprint density at radius 1 is 1.00 bits per heavy atom. The Balaban J connectivity index is 1.62. The monoisotopic (exact) mass is 481 g/mol. The number of ether oxygens (including phenoxy) is 1. The predicted octanol–water partition coefficient (Wildman–Crippen LogP) is 5.93. The van der Waals surface area contributed by atoms with Gasteiger partial charge < -0.3 is 14.7 Å². The van der Waals surface area contributed by atoms with Crippen molar-refractivity contribution in [3.63, 3.8) is 0 Å². The molecular weight excluding hydrogens is 450 g/mol. The second-order valence-electron chi connectivity index (χ2n) is 10.7. The van der Waals surface area contributed by atoms with Gasteiger partial charge in [-0.3, -0.25) is 9.59 Å². The largest absolute Gasteiger partial charge is 0.507 e. The summed E-state index contributed by atoms with van der Waals surface area (Å²) in [7, 11) is 0. The molecule has 2 aliphatic heterocycles. The van der Waals surface area contributed by atoms with Crippen molar-refractivity contribution in [1.82, 2.24) is 4.90 Å². The number of carbonyl (C=O) groups is 2. The van der Waals surface area contributed by atoms with Crippen LogP contribution in [0.25, 0.3) is 5.76 Å². The zero-order valence-corrected chi connectivity index (χ0v) is 21.1. The van der Waals surface area contributed by atoms with Crippen molar-refractivity contribution in [2.24, 2.45) is 0 Å². The molecule has 2 heterocycles. The van der Waals surface area contributed by atoms with Crippen molar-refractivity contribution in [1.29, 1.82) is 0 Å². The average molecular weight is 482 g/mol. The zero-order valence-electron chi connectivity index (χ0n) is 21.1. The number of carbonyl (C=O) groups excluding carboxylic acids is 2. The zero-order chi connectivity index (χ0) is 25.6. The fourth-order valence-electron chi connectivity index (χ4n) is 5.06. The van der Waals surface area contributed by atoms with Crippen molar-refractivity contribution in [3.8, 4) is 5.75 Å². The molecule has 36 heavy (non-hydrogen) atoms. The van der Waals surface area contributed by atoms with E-state index in [1.165, 1.54) is 0 Å². The number of likely N-dealkylation sites (tertiary alicyclic amines) is 1. The molecule has 5 rings (SSSR count). The minimum absolute atomic E-state index is 0.0337. The van der Waals surface area contributed by atoms with Crippen LogP contribution in [0.5, 0.6) is 5.75 Å². The van der Waals surface area contributed by atoms with Crippen LogP contribution in [0.2, 0.25) is 0 Å². The van der Waals surface area contributed by atoms with Crippen LogP contribution >= 0.6 is 0 Å². The lowest BCUT2D eigenvalue weighted by Gasteiger charge is -2.26. The summed E-state index contributed by atoms with van der Waals surface area (Å²) in [6.45, 7) is 8.69. The van der Waals surface area contributed by atoms with Crippen LogP contribution in [-0.2, 0) is 28.0 Å². The molecule has 1 N–H and O–H groups in total. The predicted molar refractivity (Wildman–Crippen MR) is 140 cm³/mol. The first-order chi connectivity index (χ1) is 17.1. The van der Waals surface area contributed by atoms with E-state index in [2.05, 4.69) is 20.8 Å². The molecule has 1 fully saturated rings. The third-order valence-electron chi connectivity index (χ3n) is 7.00. The van der Waals surface area contributed by atoms with Gasteiger partial charge in [-0.1, -0.05) is 75.4 Å². The maximum Gasteiger partial charge on any atom is 0.295 e. The molecule has 3 aromatic carbocycles. The van der Waals surface area contributed by atoms with Crippen LogP contribution in [0.4, 0.5) is 0 Å². The minimum Gasteiger partial charge on any atom is -0.507 e. The number of aliphatic hydroxyl groups excluding tert-OH is 1. The van der Waals surface area contributed by atoms with E-state index < -0.39 is 17.7 Å². The number of hydrogen-bond acceptors (Lipinski definition) is 4. The molecule has 184 valence electrons. The lowest BCUT2D eigenvalue weighted by Crippen LogP contribution is -2.29. The molecule has 5 heteroatoms. The Morgan fingerprint density at radius 3 is 2.36 bits per heavy atom. The number of benzene rings is 3. The van der Waals surface area contributed by atoms with Gasteiger partial charge in [0.15, 0.2) is 0 Å². The van der Waals surface area contributed by atoms with Crippen LogP contribution < -0.4 is 4.74 Å². The lowest BCUT2D eigenvalue weighted by atomic mass is 9.85. The summed E-state index contributed by atoms with van der Waals surface area (Å²) in [6, 6.07) is 22.3. The molecule has 1 amide bonds.